The first-order valence-electron chi connectivity index (χ1n) is 3.85. The Balaban J connectivity index is 2.51. The number of amides is 1. The minimum Gasteiger partial charge on any atom is -0.480 e. The number of piperazine rings is 1. The van der Waals surface area contributed by atoms with Crippen LogP contribution in [0.25, 0.3) is 0 Å². The fourth-order valence-corrected chi connectivity index (χ4v) is 1.15. The number of aliphatic carboxylic acids is 1. The van der Waals surface area contributed by atoms with Gasteiger partial charge in [-0.05, 0) is 6.92 Å². The minimum atomic E-state index is -0.885. The predicted molar refractivity (Wildman–Crippen MR) is 41.7 cm³/mol. The average molecular weight is 172 g/mol. The molecule has 0 aromatic rings. The van der Waals surface area contributed by atoms with E-state index in [1.54, 1.807) is 11.8 Å². The standard InChI is InChI=1S/C7H12N2O3/c1-5(7(11)12)9-3-2-8-6(10)4-9/h5H,2-4H2,1H3,(H,8,10)(H,11,12). The van der Waals surface area contributed by atoms with Crippen molar-refractivity contribution in [2.45, 2.75) is 13.0 Å². The number of carbonyl (C=O) groups excluding carboxylic acids is 1. The van der Waals surface area contributed by atoms with Gasteiger partial charge in [-0.15, -0.1) is 0 Å². The fraction of sp³-hybridized carbons (Fsp3) is 0.714. The van der Waals surface area contributed by atoms with Crippen LogP contribution < -0.4 is 5.32 Å². The minimum absolute atomic E-state index is 0.102. The molecule has 1 fully saturated rings. The smallest absolute Gasteiger partial charge is 0.320 e. The van der Waals surface area contributed by atoms with Crippen molar-refractivity contribution in [1.29, 1.82) is 0 Å². The summed E-state index contributed by atoms with van der Waals surface area (Å²) in [5.41, 5.74) is 0. The van der Waals surface area contributed by atoms with Gasteiger partial charge in [0.1, 0.15) is 6.04 Å². The van der Waals surface area contributed by atoms with Crippen molar-refractivity contribution in [3.05, 3.63) is 0 Å². The lowest BCUT2D eigenvalue weighted by atomic mass is 10.2. The molecule has 5 heteroatoms. The summed E-state index contributed by atoms with van der Waals surface area (Å²) in [6.45, 7) is 2.92. The molecular formula is C7H12N2O3. The van der Waals surface area contributed by atoms with Crippen LogP contribution in [0.2, 0.25) is 0 Å². The maximum Gasteiger partial charge on any atom is 0.320 e. The number of hydrogen-bond donors (Lipinski definition) is 2. The van der Waals surface area contributed by atoms with Gasteiger partial charge in [0.2, 0.25) is 5.91 Å². The van der Waals surface area contributed by atoms with Crippen LogP contribution in [-0.2, 0) is 9.59 Å². The molecule has 68 valence electrons. The fourth-order valence-electron chi connectivity index (χ4n) is 1.15. The van der Waals surface area contributed by atoms with Crippen LogP contribution in [-0.4, -0.2) is 47.6 Å². The van der Waals surface area contributed by atoms with Gasteiger partial charge in [0.25, 0.3) is 0 Å². The van der Waals surface area contributed by atoms with Gasteiger partial charge >= 0.3 is 5.97 Å². The van der Waals surface area contributed by atoms with Crippen molar-refractivity contribution < 1.29 is 14.7 Å². The first kappa shape index (κ1) is 8.99. The number of carboxylic acids is 1. The van der Waals surface area contributed by atoms with E-state index in [0.29, 0.717) is 13.1 Å². The van der Waals surface area contributed by atoms with E-state index in [2.05, 4.69) is 5.32 Å². The van der Waals surface area contributed by atoms with Gasteiger partial charge in [-0.3, -0.25) is 14.5 Å². The van der Waals surface area contributed by atoms with Gasteiger partial charge in [-0.1, -0.05) is 0 Å². The highest BCUT2D eigenvalue weighted by Crippen LogP contribution is 2.00. The molecule has 12 heavy (non-hydrogen) atoms. The molecule has 0 spiro atoms. The Labute approximate surface area is 70.4 Å². The lowest BCUT2D eigenvalue weighted by Crippen LogP contribution is -2.52. The van der Waals surface area contributed by atoms with Crippen LogP contribution >= 0.6 is 0 Å². The highest BCUT2D eigenvalue weighted by Gasteiger charge is 2.25. The van der Waals surface area contributed by atoms with Crippen molar-refractivity contribution in [2.24, 2.45) is 0 Å². The van der Waals surface area contributed by atoms with E-state index in [0.717, 1.165) is 0 Å². The third-order valence-electron chi connectivity index (χ3n) is 1.97. The number of nitrogens with one attached hydrogen (secondary N) is 1. The van der Waals surface area contributed by atoms with E-state index in [-0.39, 0.29) is 12.5 Å². The highest BCUT2D eigenvalue weighted by atomic mass is 16.4. The molecule has 0 aromatic carbocycles. The molecule has 1 atom stereocenters. The number of nitrogens with zero attached hydrogens (tertiary/aromatic N) is 1. The molecule has 0 bridgehead atoms. The number of rotatable bonds is 2. The molecule has 1 rings (SSSR count). The summed E-state index contributed by atoms with van der Waals surface area (Å²) in [7, 11) is 0. The van der Waals surface area contributed by atoms with E-state index in [9.17, 15) is 9.59 Å². The zero-order chi connectivity index (χ0) is 9.14. The topological polar surface area (TPSA) is 69.6 Å². The quantitative estimate of drug-likeness (QED) is 0.554. The first-order valence-corrected chi connectivity index (χ1v) is 3.85. The SMILES string of the molecule is CC(C(=O)O)N1CCNC(=O)C1. The van der Waals surface area contributed by atoms with E-state index < -0.39 is 12.0 Å². The second-order valence-corrected chi connectivity index (χ2v) is 2.83. The molecule has 1 aliphatic rings. The Bertz CT molecular complexity index is 203. The predicted octanol–water partition coefficient (Wildman–Crippen LogP) is -1.11. The molecule has 1 unspecified atom stereocenters. The molecule has 0 saturated carbocycles. The van der Waals surface area contributed by atoms with Crippen LogP contribution in [0, 0.1) is 0 Å². The Morgan fingerprint density at radius 3 is 2.92 bits per heavy atom. The molecule has 0 aromatic heterocycles. The van der Waals surface area contributed by atoms with Crippen molar-refractivity contribution in [3.8, 4) is 0 Å². The van der Waals surface area contributed by atoms with E-state index in [4.69, 9.17) is 5.11 Å². The molecule has 2 N–H and O–H groups in total. The van der Waals surface area contributed by atoms with Crippen molar-refractivity contribution in [1.82, 2.24) is 10.2 Å². The summed E-state index contributed by atoms with van der Waals surface area (Å²) in [5.74, 6) is -0.987. The normalized spacial score (nSPS) is 21.6. The van der Waals surface area contributed by atoms with Gasteiger partial charge in [-0.2, -0.15) is 0 Å². The summed E-state index contributed by atoms with van der Waals surface area (Å²) in [6.07, 6.45) is 0. The van der Waals surface area contributed by atoms with Gasteiger partial charge in [0, 0.05) is 13.1 Å². The molecule has 0 radical (unpaired) electrons. The summed E-state index contributed by atoms with van der Waals surface area (Å²) in [6, 6.07) is -0.573. The average Bonchev–Trinajstić information content (AvgIpc) is 2.03. The van der Waals surface area contributed by atoms with Crippen molar-refractivity contribution >= 4 is 11.9 Å². The third-order valence-corrected chi connectivity index (χ3v) is 1.97. The van der Waals surface area contributed by atoms with Gasteiger partial charge < -0.3 is 10.4 Å². The molecule has 5 nitrogen and oxygen atoms in total. The summed E-state index contributed by atoms with van der Waals surface area (Å²) in [5, 5.41) is 11.3. The summed E-state index contributed by atoms with van der Waals surface area (Å²) in [4.78, 5) is 23.0. The molecule has 1 aliphatic heterocycles. The van der Waals surface area contributed by atoms with Crippen LogP contribution in [0.15, 0.2) is 0 Å². The molecule has 1 saturated heterocycles. The number of carboxylic acid groups (broad SMARTS) is 1. The Kier molecular flexibility index (Phi) is 2.65. The molecule has 1 amide bonds. The first-order chi connectivity index (χ1) is 5.61. The zero-order valence-electron chi connectivity index (χ0n) is 6.91. The summed E-state index contributed by atoms with van der Waals surface area (Å²) < 4.78 is 0. The van der Waals surface area contributed by atoms with Gasteiger partial charge in [-0.25, -0.2) is 0 Å². The van der Waals surface area contributed by atoms with Crippen LogP contribution in [0.1, 0.15) is 6.92 Å². The maximum absolute atomic E-state index is 10.9. The third kappa shape index (κ3) is 1.94. The Hall–Kier alpha value is -1.10. The molecule has 1 heterocycles. The largest absolute Gasteiger partial charge is 0.480 e. The van der Waals surface area contributed by atoms with E-state index >= 15 is 0 Å². The molecular weight excluding hydrogens is 160 g/mol. The summed E-state index contributed by atoms with van der Waals surface area (Å²) >= 11 is 0. The lowest BCUT2D eigenvalue weighted by Gasteiger charge is -2.29. The number of carbonyl (C=O) groups is 2. The molecule has 0 aliphatic carbocycles. The van der Waals surface area contributed by atoms with Crippen molar-refractivity contribution in [3.63, 3.8) is 0 Å². The highest BCUT2D eigenvalue weighted by molar-refractivity contribution is 5.80. The van der Waals surface area contributed by atoms with Crippen LogP contribution in [0.3, 0.4) is 0 Å². The maximum atomic E-state index is 10.9. The van der Waals surface area contributed by atoms with Crippen LogP contribution in [0.5, 0.6) is 0 Å². The van der Waals surface area contributed by atoms with Gasteiger partial charge in [0.05, 0.1) is 6.54 Å². The Morgan fingerprint density at radius 1 is 1.75 bits per heavy atom. The van der Waals surface area contributed by atoms with E-state index in [1.165, 1.54) is 0 Å². The number of hydrogen-bond acceptors (Lipinski definition) is 3. The Morgan fingerprint density at radius 2 is 2.42 bits per heavy atom. The second kappa shape index (κ2) is 3.53. The van der Waals surface area contributed by atoms with Gasteiger partial charge in [0.15, 0.2) is 0 Å². The van der Waals surface area contributed by atoms with E-state index in [1.807, 2.05) is 0 Å². The lowest BCUT2D eigenvalue weighted by molar-refractivity contribution is -0.143. The van der Waals surface area contributed by atoms with Crippen LogP contribution in [0.4, 0.5) is 0 Å². The second-order valence-electron chi connectivity index (χ2n) is 2.83. The zero-order valence-corrected chi connectivity index (χ0v) is 6.91. The van der Waals surface area contributed by atoms with Crippen molar-refractivity contribution in [2.75, 3.05) is 19.6 Å². The monoisotopic (exact) mass is 172 g/mol.